The molecule has 1 amide bonds. The van der Waals surface area contributed by atoms with Gasteiger partial charge in [0, 0.05) is 18.3 Å². The molecule has 0 aromatic heterocycles. The molecule has 0 aliphatic carbocycles. The standard InChI is InChI=1S/C18H25N3O3S/c1-11-8-13(9-14-16(11)19-17(22)18(14,2)3)25(23,24)20-15-10-21-6-4-12(15)5-7-21/h8-9,12,15,20H,4-7,10H2,1-3H3,(H,19,22). The van der Waals surface area contributed by atoms with Gasteiger partial charge in [0.15, 0.2) is 0 Å². The van der Waals surface area contributed by atoms with E-state index in [9.17, 15) is 13.2 Å². The van der Waals surface area contributed by atoms with Crippen LogP contribution >= 0.6 is 0 Å². The Bertz CT molecular complexity index is 839. The Hall–Kier alpha value is -1.44. The van der Waals surface area contributed by atoms with Crippen LogP contribution in [0.3, 0.4) is 0 Å². The molecule has 136 valence electrons. The number of amides is 1. The van der Waals surface area contributed by atoms with Gasteiger partial charge >= 0.3 is 0 Å². The molecule has 3 saturated heterocycles. The molecule has 3 fully saturated rings. The number of hydrogen-bond acceptors (Lipinski definition) is 4. The maximum atomic E-state index is 13.0. The van der Waals surface area contributed by atoms with Crippen molar-refractivity contribution < 1.29 is 13.2 Å². The summed E-state index contributed by atoms with van der Waals surface area (Å²) in [5.41, 5.74) is 1.57. The summed E-state index contributed by atoms with van der Waals surface area (Å²) in [6.07, 6.45) is 2.11. The van der Waals surface area contributed by atoms with Crippen LogP contribution in [0.2, 0.25) is 0 Å². The Balaban J connectivity index is 1.67. The van der Waals surface area contributed by atoms with Crippen molar-refractivity contribution in [2.45, 2.75) is 50.0 Å². The highest BCUT2D eigenvalue weighted by Gasteiger charge is 2.41. The lowest BCUT2D eigenvalue weighted by Gasteiger charge is -2.44. The highest BCUT2D eigenvalue weighted by molar-refractivity contribution is 7.89. The topological polar surface area (TPSA) is 78.5 Å². The Morgan fingerprint density at radius 1 is 1.24 bits per heavy atom. The normalized spacial score (nSPS) is 30.2. The lowest BCUT2D eigenvalue weighted by atomic mass is 9.85. The summed E-state index contributed by atoms with van der Waals surface area (Å²) in [4.78, 5) is 14.8. The summed E-state index contributed by atoms with van der Waals surface area (Å²) in [6.45, 7) is 8.43. The first-order chi connectivity index (χ1) is 11.7. The Kier molecular flexibility index (Phi) is 3.76. The molecule has 1 aromatic rings. The molecule has 4 aliphatic rings. The van der Waals surface area contributed by atoms with Crippen molar-refractivity contribution in [2.24, 2.45) is 5.92 Å². The van der Waals surface area contributed by atoms with Gasteiger partial charge in [0.05, 0.1) is 10.3 Å². The molecule has 1 aromatic carbocycles. The molecule has 7 heteroatoms. The van der Waals surface area contributed by atoms with Crippen LogP contribution < -0.4 is 10.0 Å². The number of rotatable bonds is 3. The fourth-order valence-corrected chi connectivity index (χ4v) is 5.73. The van der Waals surface area contributed by atoms with Gasteiger partial charge in [0.1, 0.15) is 0 Å². The van der Waals surface area contributed by atoms with Gasteiger partial charge in [-0.05, 0) is 75.9 Å². The highest BCUT2D eigenvalue weighted by Crippen LogP contribution is 2.41. The van der Waals surface area contributed by atoms with Gasteiger partial charge in [-0.1, -0.05) is 0 Å². The molecule has 0 radical (unpaired) electrons. The molecule has 1 atom stereocenters. The zero-order valence-electron chi connectivity index (χ0n) is 14.9. The van der Waals surface area contributed by atoms with Crippen LogP contribution in [-0.4, -0.2) is 44.9 Å². The van der Waals surface area contributed by atoms with Crippen LogP contribution in [0, 0.1) is 12.8 Å². The van der Waals surface area contributed by atoms with Crippen molar-refractivity contribution in [3.8, 4) is 0 Å². The summed E-state index contributed by atoms with van der Waals surface area (Å²) >= 11 is 0. The van der Waals surface area contributed by atoms with Gasteiger partial charge in [0.25, 0.3) is 0 Å². The second-order valence-electron chi connectivity index (χ2n) is 8.11. The smallest absolute Gasteiger partial charge is 0.240 e. The predicted octanol–water partition coefficient (Wildman–Crippen LogP) is 1.60. The summed E-state index contributed by atoms with van der Waals surface area (Å²) < 4.78 is 28.9. The van der Waals surface area contributed by atoms with E-state index in [2.05, 4.69) is 14.9 Å². The fourth-order valence-electron chi connectivity index (χ4n) is 4.33. The molecule has 6 nitrogen and oxygen atoms in total. The van der Waals surface area contributed by atoms with Crippen molar-refractivity contribution in [3.05, 3.63) is 23.3 Å². The zero-order valence-corrected chi connectivity index (χ0v) is 15.7. The van der Waals surface area contributed by atoms with Gasteiger partial charge in [-0.25, -0.2) is 13.1 Å². The number of carbonyl (C=O) groups is 1. The average molecular weight is 363 g/mol. The second-order valence-corrected chi connectivity index (χ2v) is 9.82. The lowest BCUT2D eigenvalue weighted by Crippen LogP contribution is -2.57. The summed E-state index contributed by atoms with van der Waals surface area (Å²) in [6, 6.07) is 3.29. The van der Waals surface area contributed by atoms with Crippen LogP contribution in [0.15, 0.2) is 17.0 Å². The minimum absolute atomic E-state index is 0.0196. The summed E-state index contributed by atoms with van der Waals surface area (Å²) in [7, 11) is -3.61. The molecule has 1 unspecified atom stereocenters. The zero-order chi connectivity index (χ0) is 18.0. The van der Waals surface area contributed by atoms with E-state index in [0.29, 0.717) is 5.92 Å². The number of benzene rings is 1. The highest BCUT2D eigenvalue weighted by atomic mass is 32.2. The number of fused-ring (bicyclic) bond motifs is 4. The number of anilines is 1. The first kappa shape index (κ1) is 17.0. The van der Waals surface area contributed by atoms with E-state index in [1.54, 1.807) is 12.1 Å². The van der Waals surface area contributed by atoms with Crippen molar-refractivity contribution in [3.63, 3.8) is 0 Å². The first-order valence-electron chi connectivity index (χ1n) is 8.90. The third kappa shape index (κ3) is 2.69. The minimum atomic E-state index is -3.61. The molecular formula is C18H25N3O3S. The van der Waals surface area contributed by atoms with Gasteiger partial charge < -0.3 is 10.2 Å². The van der Waals surface area contributed by atoms with E-state index in [0.717, 1.165) is 49.3 Å². The number of nitrogens with zero attached hydrogens (tertiary/aromatic N) is 1. The molecule has 4 heterocycles. The van der Waals surface area contributed by atoms with Crippen LogP contribution in [0.25, 0.3) is 0 Å². The molecular weight excluding hydrogens is 338 g/mol. The predicted molar refractivity (Wildman–Crippen MR) is 96.1 cm³/mol. The SMILES string of the molecule is Cc1cc(S(=O)(=O)NC2CN3CCC2CC3)cc2c1NC(=O)C2(C)C. The van der Waals surface area contributed by atoms with Crippen LogP contribution in [0.1, 0.15) is 37.8 Å². The monoisotopic (exact) mass is 363 g/mol. The average Bonchev–Trinajstić information content (AvgIpc) is 2.79. The Labute approximate surface area is 149 Å². The first-order valence-corrected chi connectivity index (χ1v) is 10.4. The number of aryl methyl sites for hydroxylation is 1. The van der Waals surface area contributed by atoms with Gasteiger partial charge in [-0.2, -0.15) is 0 Å². The maximum absolute atomic E-state index is 13.0. The lowest BCUT2D eigenvalue weighted by molar-refractivity contribution is -0.119. The van der Waals surface area contributed by atoms with Gasteiger partial charge in [-0.15, -0.1) is 0 Å². The molecule has 4 aliphatic heterocycles. The van der Waals surface area contributed by atoms with E-state index < -0.39 is 15.4 Å². The molecule has 5 rings (SSSR count). The van der Waals surface area contributed by atoms with E-state index in [4.69, 9.17) is 0 Å². The maximum Gasteiger partial charge on any atom is 0.240 e. The number of hydrogen-bond donors (Lipinski definition) is 2. The van der Waals surface area contributed by atoms with Crippen LogP contribution in [0.4, 0.5) is 5.69 Å². The van der Waals surface area contributed by atoms with Crippen molar-refractivity contribution >= 4 is 21.6 Å². The molecule has 0 saturated carbocycles. The van der Waals surface area contributed by atoms with Crippen molar-refractivity contribution in [2.75, 3.05) is 25.0 Å². The summed E-state index contributed by atoms with van der Waals surface area (Å²) in [5.74, 6) is 0.334. The number of piperidine rings is 3. The second kappa shape index (κ2) is 5.53. The molecule has 25 heavy (non-hydrogen) atoms. The van der Waals surface area contributed by atoms with Crippen LogP contribution in [-0.2, 0) is 20.2 Å². The minimum Gasteiger partial charge on any atom is -0.325 e. The number of nitrogens with one attached hydrogen (secondary N) is 2. The number of sulfonamides is 1. The Morgan fingerprint density at radius 2 is 1.92 bits per heavy atom. The van der Waals surface area contributed by atoms with Crippen LogP contribution in [0.5, 0.6) is 0 Å². The molecule has 0 spiro atoms. The summed E-state index contributed by atoms with van der Waals surface area (Å²) in [5, 5.41) is 2.88. The van der Waals surface area contributed by atoms with E-state index >= 15 is 0 Å². The van der Waals surface area contributed by atoms with E-state index in [1.807, 2.05) is 20.8 Å². The third-order valence-electron chi connectivity index (χ3n) is 6.06. The third-order valence-corrected chi connectivity index (χ3v) is 7.53. The van der Waals surface area contributed by atoms with Crippen molar-refractivity contribution in [1.82, 2.24) is 9.62 Å². The fraction of sp³-hybridized carbons (Fsp3) is 0.611. The van der Waals surface area contributed by atoms with E-state index in [-0.39, 0.29) is 16.8 Å². The number of carbonyl (C=O) groups excluding carboxylic acids is 1. The van der Waals surface area contributed by atoms with Crippen molar-refractivity contribution in [1.29, 1.82) is 0 Å². The quantitative estimate of drug-likeness (QED) is 0.855. The molecule has 2 bridgehead atoms. The largest absolute Gasteiger partial charge is 0.325 e. The van der Waals surface area contributed by atoms with Gasteiger partial charge in [-0.3, -0.25) is 4.79 Å². The van der Waals surface area contributed by atoms with Gasteiger partial charge in [0.2, 0.25) is 15.9 Å². The van der Waals surface area contributed by atoms with E-state index in [1.165, 1.54) is 0 Å². The Morgan fingerprint density at radius 3 is 2.52 bits per heavy atom. The molecule has 2 N–H and O–H groups in total.